The van der Waals surface area contributed by atoms with Crippen molar-refractivity contribution in [2.75, 3.05) is 39.6 Å². The number of aliphatic hydroxyl groups excluding tert-OH is 4. The predicted molar refractivity (Wildman–Crippen MR) is 143 cm³/mol. The van der Waals surface area contributed by atoms with Gasteiger partial charge in [0.1, 0.15) is 36.7 Å². The smallest absolute Gasteiger partial charge is 0.387 e. The molecule has 5 heterocycles. The first-order valence-electron chi connectivity index (χ1n) is 14.2. The first-order valence-corrected chi connectivity index (χ1v) is 17.2. The van der Waals surface area contributed by atoms with E-state index in [1.54, 1.807) is 4.90 Å². The highest BCUT2D eigenvalue weighted by Crippen LogP contribution is 2.60. The number of amides is 1. The molecule has 44 heavy (non-hydrogen) atoms. The van der Waals surface area contributed by atoms with Gasteiger partial charge in [-0.25, -0.2) is 14.0 Å². The van der Waals surface area contributed by atoms with Crippen LogP contribution in [0.25, 0.3) is 0 Å². The molecular formula is C21H42N7O14P2+. The van der Waals surface area contributed by atoms with Crippen molar-refractivity contribution in [3.8, 4) is 0 Å². The number of nitrogens with two attached hydrogens (primary N) is 2. The predicted octanol–water partition coefficient (Wildman–Crippen LogP) is -7.10. The highest BCUT2D eigenvalue weighted by molar-refractivity contribution is 7.61. The van der Waals surface area contributed by atoms with Crippen molar-refractivity contribution in [1.29, 1.82) is 0 Å². The van der Waals surface area contributed by atoms with Crippen LogP contribution in [-0.2, 0) is 36.8 Å². The minimum Gasteiger partial charge on any atom is -0.387 e. The first-order chi connectivity index (χ1) is 20.7. The van der Waals surface area contributed by atoms with Crippen LogP contribution < -0.4 is 32.3 Å². The number of phosphoric acid groups is 2. The van der Waals surface area contributed by atoms with Crippen LogP contribution >= 0.6 is 15.6 Å². The van der Waals surface area contributed by atoms with Gasteiger partial charge in [-0.2, -0.15) is 4.31 Å². The molecule has 0 aromatic rings. The van der Waals surface area contributed by atoms with E-state index in [1.165, 1.54) is 0 Å². The van der Waals surface area contributed by atoms with E-state index in [2.05, 4.69) is 20.3 Å². The van der Waals surface area contributed by atoms with Crippen molar-refractivity contribution in [3.05, 3.63) is 0 Å². The topological polar surface area (TPSA) is 315 Å². The van der Waals surface area contributed by atoms with E-state index in [9.17, 15) is 44.1 Å². The molecule has 254 valence electrons. The zero-order valence-corrected chi connectivity index (χ0v) is 25.3. The lowest BCUT2D eigenvalue weighted by molar-refractivity contribution is -0.956. The third-order valence-electron chi connectivity index (χ3n) is 8.64. The Morgan fingerprint density at radius 1 is 0.955 bits per heavy atom. The Morgan fingerprint density at radius 2 is 1.59 bits per heavy atom. The molecule has 21 nitrogen and oxygen atoms in total. The summed E-state index contributed by atoms with van der Waals surface area (Å²) in [4.78, 5) is 34.1. The highest BCUT2D eigenvalue weighted by atomic mass is 31.3. The fourth-order valence-corrected chi connectivity index (χ4v) is 8.42. The number of likely N-dealkylation sites (tertiary alicyclic amines) is 1. The van der Waals surface area contributed by atoms with Gasteiger partial charge in [0.15, 0.2) is 6.10 Å². The molecular weight excluding hydrogens is 636 g/mol. The molecule has 0 bridgehead atoms. The minimum absolute atomic E-state index is 0.234. The maximum atomic E-state index is 12.5. The lowest BCUT2D eigenvalue weighted by Gasteiger charge is -2.38. The number of phosphoric ester groups is 2. The Bertz CT molecular complexity index is 1130. The monoisotopic (exact) mass is 678 g/mol. The standard InChI is InChI=1S/C21H41N7O14P2/c22-17-12-19(25-7-24-17)28(8-26-12)21-16(32)14(30)11(41-21)6-39-44(36,37)42-43(34,35)38-5-10-13(29)15(31)20(40-10)27-3-1-2-9(4-27)18(23)33/h9-17,19-21,24-26,29-32H,1-8,22H2,(H2,23,33)(H,34,35)(H,36,37)/p+1. The number of hydrogen-bond donors (Lipinski definition) is 12. The van der Waals surface area contributed by atoms with Crippen molar-refractivity contribution < 1.29 is 71.9 Å². The van der Waals surface area contributed by atoms with Crippen LogP contribution in [-0.4, -0.2) is 148 Å². The number of carbonyl (C=O) groups excluding carboxylic acids is 1. The van der Waals surface area contributed by atoms with Crippen LogP contribution in [0.2, 0.25) is 0 Å². The van der Waals surface area contributed by atoms with E-state index in [1.807, 2.05) is 0 Å². The number of ether oxygens (including phenoxy) is 2. The third kappa shape index (κ3) is 7.52. The van der Waals surface area contributed by atoms with Crippen LogP contribution in [0.15, 0.2) is 0 Å². The van der Waals surface area contributed by atoms with E-state index in [0.29, 0.717) is 31.0 Å². The van der Waals surface area contributed by atoms with Gasteiger partial charge in [0.05, 0.1) is 57.3 Å². The van der Waals surface area contributed by atoms with Gasteiger partial charge in [-0.3, -0.25) is 29.8 Å². The maximum Gasteiger partial charge on any atom is 0.481 e. The summed E-state index contributed by atoms with van der Waals surface area (Å²) in [7, 11) is -10.6. The molecule has 1 amide bonds. The van der Waals surface area contributed by atoms with E-state index in [-0.39, 0.29) is 31.6 Å². The summed E-state index contributed by atoms with van der Waals surface area (Å²) in [5.41, 5.74) is 11.4. The fourth-order valence-electron chi connectivity index (χ4n) is 6.33. The molecule has 0 spiro atoms. The molecule has 14 N–H and O–H groups in total. The summed E-state index contributed by atoms with van der Waals surface area (Å²) >= 11 is 0. The van der Waals surface area contributed by atoms with Crippen LogP contribution in [0.1, 0.15) is 12.8 Å². The number of hydrogen-bond acceptors (Lipinski definition) is 17. The second-order valence-electron chi connectivity index (χ2n) is 11.5. The third-order valence-corrected chi connectivity index (χ3v) is 11.2. The SMILES string of the molecule is NC(=O)C1CCC[NH+](C2OC(COP(=O)(O)OP(=O)(O)OCC3OC(N4CNC5C(N)NCNC54)C(O)C3O)C(O)C2O)C1. The molecule has 5 rings (SSSR count). The molecule has 15 unspecified atom stereocenters. The van der Waals surface area contributed by atoms with Gasteiger partial charge in [-0.05, 0) is 12.8 Å². The van der Waals surface area contributed by atoms with Crippen LogP contribution in [0, 0.1) is 5.92 Å². The zero-order valence-electron chi connectivity index (χ0n) is 23.5. The Hall–Kier alpha value is -0.750. The lowest BCUT2D eigenvalue weighted by atomic mass is 9.96. The number of fused-ring (bicyclic) bond motifs is 1. The Labute approximate surface area is 251 Å². The van der Waals surface area contributed by atoms with Gasteiger partial charge in [0, 0.05) is 6.67 Å². The van der Waals surface area contributed by atoms with Gasteiger partial charge in [0.2, 0.25) is 12.1 Å². The molecule has 0 radical (unpaired) electrons. The molecule has 0 aliphatic carbocycles. The van der Waals surface area contributed by atoms with E-state index < -0.39 is 89.8 Å². The molecule has 0 aromatic carbocycles. The van der Waals surface area contributed by atoms with Crippen molar-refractivity contribution in [2.45, 2.75) is 80.3 Å². The quantitative estimate of drug-likeness (QED) is 0.0903. The van der Waals surface area contributed by atoms with E-state index in [4.69, 9.17) is 30.0 Å². The molecule has 5 aliphatic rings. The van der Waals surface area contributed by atoms with Crippen LogP contribution in [0.4, 0.5) is 0 Å². The summed E-state index contributed by atoms with van der Waals surface area (Å²) < 4.78 is 50.2. The zero-order chi connectivity index (χ0) is 32.0. The Balaban J connectivity index is 1.10. The van der Waals surface area contributed by atoms with Gasteiger partial charge in [-0.15, -0.1) is 0 Å². The van der Waals surface area contributed by atoms with Gasteiger partial charge in [-0.1, -0.05) is 0 Å². The average molecular weight is 679 g/mol. The second-order valence-corrected chi connectivity index (χ2v) is 14.6. The van der Waals surface area contributed by atoms with Crippen LogP contribution in [0.5, 0.6) is 0 Å². The molecule has 15 atom stereocenters. The summed E-state index contributed by atoms with van der Waals surface area (Å²) in [6.07, 6.45) is -10.1. The van der Waals surface area contributed by atoms with Crippen molar-refractivity contribution in [2.24, 2.45) is 17.4 Å². The fraction of sp³-hybridized carbons (Fsp3) is 0.952. The number of piperidine rings is 1. The Kier molecular flexibility index (Phi) is 10.8. The molecule has 5 aliphatic heterocycles. The van der Waals surface area contributed by atoms with Gasteiger partial charge >= 0.3 is 15.6 Å². The summed E-state index contributed by atoms with van der Waals surface area (Å²) in [5, 5.41) is 51.4. The van der Waals surface area contributed by atoms with Crippen LogP contribution in [0.3, 0.4) is 0 Å². The maximum absolute atomic E-state index is 12.5. The summed E-state index contributed by atoms with van der Waals surface area (Å²) in [5.74, 6) is -0.928. The number of primary amides is 1. The normalized spacial score (nSPS) is 45.9. The number of nitrogens with zero attached hydrogens (tertiary/aromatic N) is 1. The van der Waals surface area contributed by atoms with Crippen molar-refractivity contribution >= 4 is 21.6 Å². The number of nitrogens with one attached hydrogen (secondary N) is 4. The first kappa shape index (κ1) is 34.6. The number of quaternary nitrogens is 1. The number of rotatable bonds is 11. The van der Waals surface area contributed by atoms with Crippen molar-refractivity contribution in [3.63, 3.8) is 0 Å². The molecule has 0 saturated carbocycles. The summed E-state index contributed by atoms with van der Waals surface area (Å²) in [6, 6.07) is -0.234. The largest absolute Gasteiger partial charge is 0.481 e. The molecule has 5 saturated heterocycles. The molecule has 23 heteroatoms. The number of aliphatic hydroxyl groups is 4. The average Bonchev–Trinajstić information content (AvgIpc) is 3.61. The van der Waals surface area contributed by atoms with Gasteiger partial charge < -0.3 is 56.1 Å². The van der Waals surface area contributed by atoms with Gasteiger partial charge in [0.25, 0.3) is 0 Å². The molecule has 0 aromatic heterocycles. The van der Waals surface area contributed by atoms with E-state index in [0.717, 1.165) is 0 Å². The van der Waals surface area contributed by atoms with Crippen molar-refractivity contribution in [1.82, 2.24) is 20.9 Å². The number of carbonyl (C=O) groups is 1. The molecule has 5 fully saturated rings. The summed E-state index contributed by atoms with van der Waals surface area (Å²) in [6.45, 7) is -0.205. The second kappa shape index (κ2) is 13.8. The highest BCUT2D eigenvalue weighted by Gasteiger charge is 2.53. The lowest BCUT2D eigenvalue weighted by Crippen LogP contribution is -3.18. The minimum atomic E-state index is -5.30. The Morgan fingerprint density at radius 3 is 2.25 bits per heavy atom. The van der Waals surface area contributed by atoms with E-state index >= 15 is 0 Å².